The van der Waals surface area contributed by atoms with Gasteiger partial charge in [0.15, 0.2) is 0 Å². The first kappa shape index (κ1) is 7.34. The Kier molecular flexibility index (Phi) is 2.50. The highest BCUT2D eigenvalue weighted by Gasteiger charge is 2.22. The van der Waals surface area contributed by atoms with Gasteiger partial charge < -0.3 is 9.84 Å². The zero-order chi connectivity index (χ0) is 7.40. The third-order valence-electron chi connectivity index (χ3n) is 1.41. The molecule has 0 bridgehead atoms. The van der Waals surface area contributed by atoms with Crippen LogP contribution in [-0.4, -0.2) is 30.5 Å². The summed E-state index contributed by atoms with van der Waals surface area (Å²) < 4.78 is 5.05. The molecule has 0 aromatic heterocycles. The summed E-state index contributed by atoms with van der Waals surface area (Å²) in [4.78, 5) is 2.59. The van der Waals surface area contributed by atoms with Gasteiger partial charge in [-0.1, -0.05) is 5.11 Å². The Morgan fingerprint density at radius 3 is 3.10 bits per heavy atom. The SMILES string of the molecule is [N-]=[N+]=NC[C@@H]1C[C@H](O)CO1. The summed E-state index contributed by atoms with van der Waals surface area (Å²) in [6.07, 6.45) is 0.128. The van der Waals surface area contributed by atoms with E-state index in [1.165, 1.54) is 0 Å². The van der Waals surface area contributed by atoms with Gasteiger partial charge in [-0.25, -0.2) is 0 Å². The molecule has 0 aromatic rings. The van der Waals surface area contributed by atoms with Crippen molar-refractivity contribution in [2.24, 2.45) is 5.11 Å². The maximum Gasteiger partial charge on any atom is 0.0798 e. The van der Waals surface area contributed by atoms with Gasteiger partial charge in [0.1, 0.15) is 0 Å². The Bertz CT molecular complexity index is 155. The molecule has 1 aliphatic rings. The molecule has 2 atom stereocenters. The van der Waals surface area contributed by atoms with E-state index in [-0.39, 0.29) is 12.2 Å². The summed E-state index contributed by atoms with van der Waals surface area (Å²) in [5, 5.41) is 12.3. The number of rotatable bonds is 2. The second-order valence-electron chi connectivity index (χ2n) is 2.26. The Hall–Kier alpha value is -0.770. The fourth-order valence-electron chi connectivity index (χ4n) is 0.942. The van der Waals surface area contributed by atoms with Crippen molar-refractivity contribution in [1.82, 2.24) is 0 Å². The van der Waals surface area contributed by atoms with Gasteiger partial charge in [-0.05, 0) is 5.53 Å². The van der Waals surface area contributed by atoms with Crippen LogP contribution in [0.15, 0.2) is 5.11 Å². The summed E-state index contributed by atoms with van der Waals surface area (Å²) >= 11 is 0. The normalized spacial score (nSPS) is 31.7. The van der Waals surface area contributed by atoms with Crippen molar-refractivity contribution in [2.75, 3.05) is 13.2 Å². The highest BCUT2D eigenvalue weighted by molar-refractivity contribution is 4.73. The van der Waals surface area contributed by atoms with Crippen molar-refractivity contribution in [3.05, 3.63) is 10.4 Å². The quantitative estimate of drug-likeness (QED) is 0.346. The number of hydrogen-bond acceptors (Lipinski definition) is 3. The Labute approximate surface area is 58.2 Å². The van der Waals surface area contributed by atoms with E-state index in [0.717, 1.165) is 0 Å². The molecular formula is C5H9N3O2. The average molecular weight is 143 g/mol. The maximum atomic E-state index is 8.94. The van der Waals surface area contributed by atoms with E-state index in [1.807, 2.05) is 0 Å². The van der Waals surface area contributed by atoms with Crippen LogP contribution in [0.5, 0.6) is 0 Å². The van der Waals surface area contributed by atoms with Crippen LogP contribution in [0.2, 0.25) is 0 Å². The summed E-state index contributed by atoms with van der Waals surface area (Å²) in [7, 11) is 0. The molecule has 0 radical (unpaired) electrons. The molecule has 10 heavy (non-hydrogen) atoms. The third kappa shape index (κ3) is 1.88. The second-order valence-corrected chi connectivity index (χ2v) is 2.26. The summed E-state index contributed by atoms with van der Waals surface area (Å²) in [5.41, 5.74) is 7.93. The fourth-order valence-corrected chi connectivity index (χ4v) is 0.942. The van der Waals surface area contributed by atoms with Crippen molar-refractivity contribution in [3.8, 4) is 0 Å². The number of aliphatic hydroxyl groups is 1. The predicted octanol–water partition coefficient (Wildman–Crippen LogP) is 0.447. The summed E-state index contributed by atoms with van der Waals surface area (Å²) in [6, 6.07) is 0. The zero-order valence-electron chi connectivity index (χ0n) is 5.47. The number of azide groups is 1. The maximum absolute atomic E-state index is 8.94. The molecule has 5 heteroatoms. The first-order valence-corrected chi connectivity index (χ1v) is 3.13. The van der Waals surface area contributed by atoms with Gasteiger partial charge in [0.05, 0.1) is 25.4 Å². The molecule has 1 heterocycles. The summed E-state index contributed by atoms with van der Waals surface area (Å²) in [5.74, 6) is 0. The molecule has 0 aromatic carbocycles. The monoisotopic (exact) mass is 143 g/mol. The molecule has 1 N–H and O–H groups in total. The van der Waals surface area contributed by atoms with Gasteiger partial charge in [-0.15, -0.1) is 0 Å². The molecule has 1 fully saturated rings. The molecule has 0 spiro atoms. The largest absolute Gasteiger partial charge is 0.391 e. The number of aliphatic hydroxyl groups excluding tert-OH is 1. The van der Waals surface area contributed by atoms with E-state index in [9.17, 15) is 0 Å². The lowest BCUT2D eigenvalue weighted by molar-refractivity contribution is 0.0927. The smallest absolute Gasteiger partial charge is 0.0798 e. The van der Waals surface area contributed by atoms with Gasteiger partial charge in [0.2, 0.25) is 0 Å². The van der Waals surface area contributed by atoms with Crippen LogP contribution in [0.1, 0.15) is 6.42 Å². The van der Waals surface area contributed by atoms with Crippen molar-refractivity contribution in [1.29, 1.82) is 0 Å². The third-order valence-corrected chi connectivity index (χ3v) is 1.41. The minimum atomic E-state index is -0.376. The molecule has 0 amide bonds. The molecule has 56 valence electrons. The van der Waals surface area contributed by atoms with Crippen LogP contribution in [-0.2, 0) is 4.74 Å². The van der Waals surface area contributed by atoms with Crippen LogP contribution in [0, 0.1) is 0 Å². The molecular weight excluding hydrogens is 134 g/mol. The van der Waals surface area contributed by atoms with E-state index >= 15 is 0 Å². The predicted molar refractivity (Wildman–Crippen MR) is 34.4 cm³/mol. The van der Waals surface area contributed by atoms with Gasteiger partial charge in [0, 0.05) is 11.3 Å². The van der Waals surface area contributed by atoms with Crippen LogP contribution in [0.25, 0.3) is 10.4 Å². The number of nitrogens with zero attached hydrogens (tertiary/aromatic N) is 3. The lowest BCUT2D eigenvalue weighted by Gasteiger charge is -2.01. The lowest BCUT2D eigenvalue weighted by atomic mass is 10.2. The number of ether oxygens (including phenoxy) is 1. The molecule has 5 nitrogen and oxygen atoms in total. The van der Waals surface area contributed by atoms with Crippen LogP contribution < -0.4 is 0 Å². The van der Waals surface area contributed by atoms with E-state index in [0.29, 0.717) is 19.6 Å². The molecule has 1 saturated heterocycles. The van der Waals surface area contributed by atoms with Crippen LogP contribution >= 0.6 is 0 Å². The van der Waals surface area contributed by atoms with Gasteiger partial charge in [-0.2, -0.15) is 0 Å². The minimum absolute atomic E-state index is 0.0779. The first-order valence-electron chi connectivity index (χ1n) is 3.13. The second kappa shape index (κ2) is 3.41. The molecule has 1 rings (SSSR count). The fraction of sp³-hybridized carbons (Fsp3) is 1.00. The van der Waals surface area contributed by atoms with Gasteiger partial charge in [0.25, 0.3) is 0 Å². The van der Waals surface area contributed by atoms with E-state index in [1.54, 1.807) is 0 Å². The highest BCUT2D eigenvalue weighted by Crippen LogP contribution is 2.12. The lowest BCUT2D eigenvalue weighted by Crippen LogP contribution is -2.09. The molecule has 0 aliphatic carbocycles. The topological polar surface area (TPSA) is 78.2 Å². The Balaban J connectivity index is 2.24. The summed E-state index contributed by atoms with van der Waals surface area (Å²) in [6.45, 7) is 0.694. The zero-order valence-corrected chi connectivity index (χ0v) is 5.47. The van der Waals surface area contributed by atoms with Gasteiger partial charge in [-0.3, -0.25) is 0 Å². The van der Waals surface area contributed by atoms with E-state index in [4.69, 9.17) is 15.4 Å². The number of hydrogen-bond donors (Lipinski definition) is 1. The van der Waals surface area contributed by atoms with Crippen molar-refractivity contribution in [2.45, 2.75) is 18.6 Å². The minimum Gasteiger partial charge on any atom is -0.391 e. The highest BCUT2D eigenvalue weighted by atomic mass is 16.5. The Morgan fingerprint density at radius 2 is 2.60 bits per heavy atom. The average Bonchev–Trinajstić information content (AvgIpc) is 2.31. The van der Waals surface area contributed by atoms with Crippen molar-refractivity contribution < 1.29 is 9.84 Å². The van der Waals surface area contributed by atoms with Crippen LogP contribution in [0.4, 0.5) is 0 Å². The van der Waals surface area contributed by atoms with E-state index in [2.05, 4.69) is 10.0 Å². The molecule has 0 saturated carbocycles. The van der Waals surface area contributed by atoms with Crippen LogP contribution in [0.3, 0.4) is 0 Å². The standard InChI is InChI=1S/C5H9N3O2/c6-8-7-2-5-1-4(9)3-10-5/h4-5,9H,1-3H2/t4-,5-/m0/s1. The molecule has 1 aliphatic heterocycles. The first-order chi connectivity index (χ1) is 4.83. The Morgan fingerprint density at radius 1 is 1.80 bits per heavy atom. The van der Waals surface area contributed by atoms with E-state index < -0.39 is 0 Å². The van der Waals surface area contributed by atoms with Gasteiger partial charge >= 0.3 is 0 Å². The van der Waals surface area contributed by atoms with Crippen molar-refractivity contribution >= 4 is 0 Å². The van der Waals surface area contributed by atoms with Crippen molar-refractivity contribution in [3.63, 3.8) is 0 Å². The molecule has 0 unspecified atom stereocenters.